The van der Waals surface area contributed by atoms with Crippen molar-refractivity contribution in [3.8, 4) is 0 Å². The van der Waals surface area contributed by atoms with Gasteiger partial charge in [-0.2, -0.15) is 0 Å². The van der Waals surface area contributed by atoms with Crippen LogP contribution in [0.5, 0.6) is 0 Å². The highest BCUT2D eigenvalue weighted by atomic mass is 35.5. The van der Waals surface area contributed by atoms with Crippen molar-refractivity contribution in [2.24, 2.45) is 0 Å². The number of pyridine rings is 1. The first-order chi connectivity index (χ1) is 10.7. The zero-order chi connectivity index (χ0) is 15.4. The molecule has 0 saturated heterocycles. The molecule has 6 heteroatoms. The lowest BCUT2D eigenvalue weighted by Crippen LogP contribution is -2.16. The summed E-state index contributed by atoms with van der Waals surface area (Å²) < 4.78 is 13.1. The molecule has 0 amide bonds. The third-order valence-electron chi connectivity index (χ3n) is 3.59. The number of hydrogen-bond acceptors (Lipinski definition) is 3. The second-order valence-corrected chi connectivity index (χ2v) is 5.32. The summed E-state index contributed by atoms with van der Waals surface area (Å²) in [6, 6.07) is 16.7. The van der Waals surface area contributed by atoms with Crippen LogP contribution in [0.1, 0.15) is 11.1 Å². The lowest BCUT2D eigenvalue weighted by atomic mass is 10.1. The maximum atomic E-state index is 13.1. The van der Waals surface area contributed by atoms with Crippen LogP contribution in [0, 0.1) is 5.82 Å². The van der Waals surface area contributed by atoms with E-state index in [-0.39, 0.29) is 30.6 Å². The van der Waals surface area contributed by atoms with Gasteiger partial charge in [0, 0.05) is 11.9 Å². The molecule has 3 nitrogen and oxygen atoms in total. The van der Waals surface area contributed by atoms with E-state index in [4.69, 9.17) is 5.73 Å². The van der Waals surface area contributed by atoms with Crippen molar-refractivity contribution in [2.45, 2.75) is 13.0 Å². The molecule has 0 unspecified atom stereocenters. The van der Waals surface area contributed by atoms with Gasteiger partial charge < -0.3 is 11.1 Å². The monoisotopic (exact) mass is 367 g/mol. The van der Waals surface area contributed by atoms with Crippen LogP contribution in [-0.4, -0.2) is 11.5 Å². The van der Waals surface area contributed by atoms with Crippen molar-refractivity contribution >= 4 is 41.5 Å². The van der Waals surface area contributed by atoms with E-state index in [0.29, 0.717) is 5.82 Å². The van der Waals surface area contributed by atoms with Crippen LogP contribution >= 0.6 is 24.8 Å². The maximum Gasteiger partial charge on any atom is 0.124 e. The fourth-order valence-electron chi connectivity index (χ4n) is 2.45. The summed E-state index contributed by atoms with van der Waals surface area (Å²) >= 11 is 0. The molecule has 0 bridgehead atoms. The summed E-state index contributed by atoms with van der Waals surface area (Å²) in [6.07, 6.45) is 0.802. The van der Waals surface area contributed by atoms with E-state index in [1.165, 1.54) is 6.07 Å². The van der Waals surface area contributed by atoms with Crippen molar-refractivity contribution in [3.63, 3.8) is 0 Å². The van der Waals surface area contributed by atoms with Crippen molar-refractivity contribution in [1.82, 2.24) is 10.3 Å². The smallest absolute Gasteiger partial charge is 0.124 e. The minimum Gasteiger partial charge on any atom is -0.384 e. The van der Waals surface area contributed by atoms with E-state index in [0.717, 1.165) is 41.5 Å². The van der Waals surface area contributed by atoms with Gasteiger partial charge in [0.15, 0.2) is 0 Å². The Morgan fingerprint density at radius 3 is 2.54 bits per heavy atom. The van der Waals surface area contributed by atoms with Crippen LogP contribution in [0.4, 0.5) is 10.2 Å². The zero-order valence-corrected chi connectivity index (χ0v) is 14.7. The predicted molar refractivity (Wildman–Crippen MR) is 102 cm³/mol. The largest absolute Gasteiger partial charge is 0.384 e. The number of halogens is 3. The van der Waals surface area contributed by atoms with Gasteiger partial charge in [-0.1, -0.05) is 24.3 Å². The molecule has 3 rings (SSSR count). The quantitative estimate of drug-likeness (QED) is 0.666. The molecule has 128 valence electrons. The average molecular weight is 368 g/mol. The molecule has 3 N–H and O–H groups in total. The van der Waals surface area contributed by atoms with E-state index < -0.39 is 0 Å². The van der Waals surface area contributed by atoms with Gasteiger partial charge in [0.2, 0.25) is 0 Å². The third-order valence-corrected chi connectivity index (χ3v) is 3.59. The summed E-state index contributed by atoms with van der Waals surface area (Å²) in [5.74, 6) is 0.347. The lowest BCUT2D eigenvalue weighted by Gasteiger charge is -2.07. The minimum atomic E-state index is -0.185. The number of hydrogen-bond donors (Lipinski definition) is 2. The number of nitrogens with two attached hydrogens (primary N) is 1. The highest BCUT2D eigenvalue weighted by Gasteiger charge is 2.00. The molecule has 2 aromatic carbocycles. The number of rotatable bonds is 5. The fourth-order valence-corrected chi connectivity index (χ4v) is 2.45. The molecular formula is C18H20Cl2FN3. The molecule has 0 aliphatic carbocycles. The van der Waals surface area contributed by atoms with Gasteiger partial charge in [-0.3, -0.25) is 0 Å². The van der Waals surface area contributed by atoms with Crippen LogP contribution in [0.3, 0.4) is 0 Å². The number of nitrogens with zero attached hydrogens (tertiary/aromatic N) is 1. The normalized spacial score (nSPS) is 10.0. The summed E-state index contributed by atoms with van der Waals surface area (Å²) in [7, 11) is 0. The summed E-state index contributed by atoms with van der Waals surface area (Å²) in [5, 5.41) is 4.45. The number of nitrogens with one attached hydrogen (secondary N) is 1. The Hall–Kier alpha value is -1.88. The highest BCUT2D eigenvalue weighted by molar-refractivity contribution is 5.85. The Bertz CT molecular complexity index is 796. The minimum absolute atomic E-state index is 0. The highest BCUT2D eigenvalue weighted by Crippen LogP contribution is 2.15. The van der Waals surface area contributed by atoms with Gasteiger partial charge in [0.05, 0.1) is 5.52 Å². The number of fused-ring (bicyclic) bond motifs is 1. The molecular weight excluding hydrogens is 348 g/mol. The van der Waals surface area contributed by atoms with E-state index >= 15 is 0 Å². The molecule has 1 heterocycles. The molecule has 0 aliphatic heterocycles. The molecule has 0 saturated carbocycles. The summed E-state index contributed by atoms with van der Waals surface area (Å²) in [5.41, 5.74) is 8.78. The predicted octanol–water partition coefficient (Wildman–Crippen LogP) is 4.13. The standard InChI is InChI=1S/C18H18FN3.2ClH/c19-16-3-1-2-13(10-16)8-9-21-12-14-4-5-15-6-7-18(20)22-17(15)11-14;;/h1-7,10-11,21H,8-9,12H2,(H2,20,22);2*1H. The van der Waals surface area contributed by atoms with E-state index in [1.54, 1.807) is 18.2 Å². The van der Waals surface area contributed by atoms with Crippen LogP contribution < -0.4 is 11.1 Å². The molecule has 3 aromatic rings. The zero-order valence-electron chi connectivity index (χ0n) is 13.0. The molecule has 24 heavy (non-hydrogen) atoms. The second kappa shape index (κ2) is 9.42. The molecule has 0 fully saturated rings. The second-order valence-electron chi connectivity index (χ2n) is 5.32. The Morgan fingerprint density at radius 2 is 1.75 bits per heavy atom. The van der Waals surface area contributed by atoms with Crippen molar-refractivity contribution in [3.05, 3.63) is 71.5 Å². The number of benzene rings is 2. The number of aromatic nitrogens is 1. The Kier molecular flexibility index (Phi) is 7.92. The maximum absolute atomic E-state index is 13.1. The van der Waals surface area contributed by atoms with Crippen molar-refractivity contribution in [2.75, 3.05) is 12.3 Å². The van der Waals surface area contributed by atoms with Gasteiger partial charge in [-0.05, 0) is 54.4 Å². The molecule has 0 atom stereocenters. The molecule has 0 radical (unpaired) electrons. The van der Waals surface area contributed by atoms with Crippen LogP contribution in [0.2, 0.25) is 0 Å². The Balaban J connectivity index is 0.00000144. The van der Waals surface area contributed by atoms with E-state index in [9.17, 15) is 4.39 Å². The molecule has 0 aliphatic rings. The first-order valence-corrected chi connectivity index (χ1v) is 7.31. The van der Waals surface area contributed by atoms with Gasteiger partial charge in [0.25, 0.3) is 0 Å². The third kappa shape index (κ3) is 5.34. The molecule has 0 spiro atoms. The SMILES string of the molecule is Cl.Cl.Nc1ccc2ccc(CNCCc3cccc(F)c3)cc2n1. The van der Waals surface area contributed by atoms with E-state index in [1.807, 2.05) is 24.3 Å². The van der Waals surface area contributed by atoms with Crippen molar-refractivity contribution < 1.29 is 4.39 Å². The molecule has 1 aromatic heterocycles. The van der Waals surface area contributed by atoms with Gasteiger partial charge >= 0.3 is 0 Å². The van der Waals surface area contributed by atoms with Crippen molar-refractivity contribution in [1.29, 1.82) is 0 Å². The topological polar surface area (TPSA) is 50.9 Å². The fraction of sp³-hybridized carbons (Fsp3) is 0.167. The van der Waals surface area contributed by atoms with Gasteiger partial charge in [-0.25, -0.2) is 9.37 Å². The van der Waals surface area contributed by atoms with Crippen LogP contribution in [-0.2, 0) is 13.0 Å². The van der Waals surface area contributed by atoms with Crippen LogP contribution in [0.25, 0.3) is 10.9 Å². The average Bonchev–Trinajstić information content (AvgIpc) is 2.51. The van der Waals surface area contributed by atoms with Gasteiger partial charge in [-0.15, -0.1) is 24.8 Å². The number of anilines is 1. The lowest BCUT2D eigenvalue weighted by molar-refractivity contribution is 0.622. The van der Waals surface area contributed by atoms with Crippen LogP contribution in [0.15, 0.2) is 54.6 Å². The first-order valence-electron chi connectivity index (χ1n) is 7.31. The summed E-state index contributed by atoms with van der Waals surface area (Å²) in [4.78, 5) is 4.33. The van der Waals surface area contributed by atoms with E-state index in [2.05, 4.69) is 16.4 Å². The Labute approximate surface area is 153 Å². The Morgan fingerprint density at radius 1 is 0.958 bits per heavy atom. The summed E-state index contributed by atoms with van der Waals surface area (Å²) in [6.45, 7) is 1.55. The first kappa shape index (κ1) is 20.2. The van der Waals surface area contributed by atoms with Gasteiger partial charge in [0.1, 0.15) is 11.6 Å². The number of nitrogen functional groups attached to an aromatic ring is 1.